The number of hydrogen-bond donors (Lipinski definition) is 2. The molecule has 0 saturated heterocycles. The molecule has 0 aromatic rings. The van der Waals surface area contributed by atoms with Gasteiger partial charge in [-0.05, 0) is 37.5 Å². The molecule has 0 saturated carbocycles. The van der Waals surface area contributed by atoms with Crippen LogP contribution in [-0.2, 0) is 14.3 Å². The molecule has 0 radical (unpaired) electrons. The summed E-state index contributed by atoms with van der Waals surface area (Å²) < 4.78 is 11.2. The number of rotatable bonds is 9. The molecular weight excluding hydrogens is 334 g/mol. The van der Waals surface area contributed by atoms with Gasteiger partial charge in [-0.25, -0.2) is 4.79 Å². The highest BCUT2D eigenvalue weighted by Gasteiger charge is 2.25. The highest BCUT2D eigenvalue weighted by Crippen LogP contribution is 2.23. The summed E-state index contributed by atoms with van der Waals surface area (Å²) >= 11 is 0. The number of carbonyl (C=O) groups excluding carboxylic acids is 1. The van der Waals surface area contributed by atoms with Crippen molar-refractivity contribution in [1.29, 1.82) is 0 Å². The van der Waals surface area contributed by atoms with Crippen molar-refractivity contribution >= 4 is 12.1 Å². The molecule has 0 heterocycles. The van der Waals surface area contributed by atoms with Crippen LogP contribution in [0.4, 0.5) is 4.79 Å². The Morgan fingerprint density at radius 2 is 1.73 bits per heavy atom. The van der Waals surface area contributed by atoms with E-state index < -0.39 is 11.4 Å². The topological polar surface area (TPSA) is 84.9 Å². The Morgan fingerprint density at radius 1 is 1.08 bits per heavy atom. The van der Waals surface area contributed by atoms with E-state index in [1.807, 2.05) is 27.7 Å². The Labute approximate surface area is 157 Å². The third-order valence-electron chi connectivity index (χ3n) is 4.32. The van der Waals surface area contributed by atoms with E-state index in [0.717, 1.165) is 32.1 Å². The molecule has 0 spiro atoms. The van der Waals surface area contributed by atoms with Gasteiger partial charge in [0.1, 0.15) is 6.10 Å². The largest absolute Gasteiger partial charge is 0.481 e. The van der Waals surface area contributed by atoms with Crippen LogP contribution >= 0.6 is 0 Å². The van der Waals surface area contributed by atoms with Crippen molar-refractivity contribution in [1.82, 2.24) is 5.32 Å². The van der Waals surface area contributed by atoms with Gasteiger partial charge in [-0.1, -0.05) is 39.8 Å². The second-order valence-corrected chi connectivity index (χ2v) is 8.75. The van der Waals surface area contributed by atoms with Crippen LogP contribution in [0.1, 0.15) is 66.2 Å². The van der Waals surface area contributed by atoms with Gasteiger partial charge < -0.3 is 19.9 Å². The van der Waals surface area contributed by atoms with E-state index in [-0.39, 0.29) is 24.0 Å². The second kappa shape index (κ2) is 10.6. The lowest BCUT2D eigenvalue weighted by Gasteiger charge is -2.28. The molecule has 0 aromatic heterocycles. The fourth-order valence-corrected chi connectivity index (χ4v) is 2.86. The Bertz CT molecular complexity index is 485. The number of aliphatic carboxylic acids is 1. The molecule has 1 aliphatic rings. The standard InChI is InChI=1S/C20H35NO5/c1-19(2,12-17(22)23)14-25-15-20(3,4)13-21-18(24)26-16-10-8-6-5-7-9-11-16/h5-6,16H,7-15H2,1-4H3,(H,21,24)(H,22,23)/b6-5+. The van der Waals surface area contributed by atoms with Crippen LogP contribution in [0.5, 0.6) is 0 Å². The predicted octanol–water partition coefficient (Wildman–Crippen LogP) is 4.15. The average molecular weight is 370 g/mol. The number of hydrogen-bond acceptors (Lipinski definition) is 4. The minimum atomic E-state index is -0.827. The molecule has 6 nitrogen and oxygen atoms in total. The summed E-state index contributed by atoms with van der Waals surface area (Å²) in [6, 6.07) is 0. The first-order chi connectivity index (χ1) is 12.1. The van der Waals surface area contributed by atoms with Gasteiger partial charge in [-0.2, -0.15) is 0 Å². The molecule has 26 heavy (non-hydrogen) atoms. The van der Waals surface area contributed by atoms with E-state index >= 15 is 0 Å². The van der Waals surface area contributed by atoms with Crippen LogP contribution in [0.3, 0.4) is 0 Å². The van der Waals surface area contributed by atoms with Crippen LogP contribution in [0.25, 0.3) is 0 Å². The zero-order valence-corrected chi connectivity index (χ0v) is 16.7. The van der Waals surface area contributed by atoms with Crippen LogP contribution < -0.4 is 5.32 Å². The maximum atomic E-state index is 12.1. The van der Waals surface area contributed by atoms with Crippen LogP contribution in [0.2, 0.25) is 0 Å². The zero-order chi connectivity index (χ0) is 19.6. The van der Waals surface area contributed by atoms with Crippen LogP contribution in [-0.4, -0.2) is 43.0 Å². The molecular formula is C20H35NO5. The van der Waals surface area contributed by atoms with Gasteiger partial charge in [0, 0.05) is 12.0 Å². The highest BCUT2D eigenvalue weighted by atomic mass is 16.6. The predicted molar refractivity (Wildman–Crippen MR) is 101 cm³/mol. The third-order valence-corrected chi connectivity index (χ3v) is 4.32. The van der Waals surface area contributed by atoms with Gasteiger partial charge in [-0.3, -0.25) is 4.79 Å². The average Bonchev–Trinajstić information content (AvgIpc) is 2.46. The minimum absolute atomic E-state index is 0.0175. The lowest BCUT2D eigenvalue weighted by atomic mass is 9.90. The Hall–Kier alpha value is -1.56. The van der Waals surface area contributed by atoms with E-state index in [2.05, 4.69) is 17.5 Å². The van der Waals surface area contributed by atoms with Crippen molar-refractivity contribution in [3.8, 4) is 0 Å². The zero-order valence-electron chi connectivity index (χ0n) is 16.7. The maximum Gasteiger partial charge on any atom is 0.407 e. The van der Waals surface area contributed by atoms with E-state index in [1.165, 1.54) is 0 Å². The highest BCUT2D eigenvalue weighted by molar-refractivity contribution is 5.67. The molecule has 1 amide bonds. The smallest absolute Gasteiger partial charge is 0.407 e. The number of alkyl carbamates (subject to hydrolysis) is 1. The van der Waals surface area contributed by atoms with Crippen molar-refractivity contribution in [2.24, 2.45) is 10.8 Å². The SMILES string of the molecule is CC(C)(CNC(=O)OC1CC/C=C/CCC1)COCC(C)(C)CC(=O)O. The normalized spacial score (nSPS) is 19.9. The van der Waals surface area contributed by atoms with Crippen molar-refractivity contribution in [3.05, 3.63) is 12.2 Å². The first-order valence-corrected chi connectivity index (χ1v) is 9.49. The fraction of sp³-hybridized carbons (Fsp3) is 0.800. The number of carbonyl (C=O) groups is 2. The summed E-state index contributed by atoms with van der Waals surface area (Å²) in [5, 5.41) is 11.7. The monoisotopic (exact) mass is 369 g/mol. The van der Waals surface area contributed by atoms with E-state index in [0.29, 0.717) is 19.8 Å². The molecule has 1 atom stereocenters. The number of carboxylic acids is 1. The lowest BCUT2D eigenvalue weighted by Crippen LogP contribution is -2.39. The number of carboxylic acid groups (broad SMARTS) is 1. The van der Waals surface area contributed by atoms with Crippen molar-refractivity contribution in [3.63, 3.8) is 0 Å². The van der Waals surface area contributed by atoms with Crippen LogP contribution in [0.15, 0.2) is 12.2 Å². The summed E-state index contributed by atoms with van der Waals surface area (Å²) in [6.07, 6.45) is 8.82. The van der Waals surface area contributed by atoms with Crippen LogP contribution in [0, 0.1) is 10.8 Å². The lowest BCUT2D eigenvalue weighted by molar-refractivity contribution is -0.140. The van der Waals surface area contributed by atoms with Gasteiger partial charge in [0.25, 0.3) is 0 Å². The van der Waals surface area contributed by atoms with Gasteiger partial charge >= 0.3 is 12.1 Å². The van der Waals surface area contributed by atoms with Gasteiger partial charge in [0.05, 0.1) is 19.6 Å². The Balaban J connectivity index is 2.29. The van der Waals surface area contributed by atoms with Gasteiger partial charge in [0.2, 0.25) is 0 Å². The van der Waals surface area contributed by atoms with Crippen molar-refractivity contribution in [2.45, 2.75) is 72.3 Å². The molecule has 150 valence electrons. The fourth-order valence-electron chi connectivity index (χ4n) is 2.86. The first kappa shape index (κ1) is 22.5. The van der Waals surface area contributed by atoms with Crippen molar-refractivity contribution < 1.29 is 24.2 Å². The van der Waals surface area contributed by atoms with E-state index in [9.17, 15) is 9.59 Å². The molecule has 0 aliphatic heterocycles. The van der Waals surface area contributed by atoms with Gasteiger partial charge in [0.15, 0.2) is 0 Å². The maximum absolute atomic E-state index is 12.1. The minimum Gasteiger partial charge on any atom is -0.481 e. The second-order valence-electron chi connectivity index (χ2n) is 8.75. The quantitative estimate of drug-likeness (QED) is 0.597. The molecule has 0 fully saturated rings. The third kappa shape index (κ3) is 10.4. The molecule has 0 bridgehead atoms. The summed E-state index contributed by atoms with van der Waals surface area (Å²) in [7, 11) is 0. The Morgan fingerprint density at radius 3 is 2.42 bits per heavy atom. The molecule has 1 aliphatic carbocycles. The number of amides is 1. The first-order valence-electron chi connectivity index (χ1n) is 9.49. The summed E-state index contributed by atoms with van der Waals surface area (Å²) in [5.41, 5.74) is -0.678. The molecule has 1 unspecified atom stereocenters. The molecule has 0 aromatic carbocycles. The Kier molecular flexibility index (Phi) is 9.13. The van der Waals surface area contributed by atoms with Crippen molar-refractivity contribution in [2.75, 3.05) is 19.8 Å². The molecule has 2 N–H and O–H groups in total. The summed E-state index contributed by atoms with van der Waals surface area (Å²) in [5.74, 6) is -0.827. The molecule has 6 heteroatoms. The van der Waals surface area contributed by atoms with E-state index in [1.54, 1.807) is 0 Å². The van der Waals surface area contributed by atoms with E-state index in [4.69, 9.17) is 14.6 Å². The number of nitrogens with one attached hydrogen (secondary N) is 1. The summed E-state index contributed by atoms with van der Waals surface area (Å²) in [4.78, 5) is 22.9. The number of allylic oxidation sites excluding steroid dienone is 2. The number of ether oxygens (including phenoxy) is 2. The summed E-state index contributed by atoms with van der Waals surface area (Å²) in [6.45, 7) is 8.98. The van der Waals surface area contributed by atoms with Gasteiger partial charge in [-0.15, -0.1) is 0 Å². The molecule has 1 rings (SSSR count).